The number of fused-ring (bicyclic) bond motifs is 24. The molecular weight excluding hydrogens is 1680 g/mol. The molecular formula is C104H61B6N11O9S2. The molecule has 0 fully saturated rings. The summed E-state index contributed by atoms with van der Waals surface area (Å²) >= 11 is 3.82. The van der Waals surface area contributed by atoms with Gasteiger partial charge in [-0.3, -0.25) is 19.9 Å². The summed E-state index contributed by atoms with van der Waals surface area (Å²) in [5, 5.41) is 0. The van der Waals surface area contributed by atoms with Crippen molar-refractivity contribution >= 4 is 179 Å². The van der Waals surface area contributed by atoms with Crippen LogP contribution in [-0.4, -0.2) is 90.1 Å². The molecule has 20 nitrogen and oxygen atoms in total. The fourth-order valence-electron chi connectivity index (χ4n) is 20.0. The third-order valence-corrected chi connectivity index (χ3v) is 27.8. The lowest BCUT2D eigenvalue weighted by Crippen LogP contribution is -2.59. The minimum Gasteiger partial charge on any atom is -0.458 e. The zero-order valence-electron chi connectivity index (χ0n) is 69.6. The first-order chi connectivity index (χ1) is 65.5. The minimum absolute atomic E-state index is 0.0612. The van der Waals surface area contributed by atoms with Gasteiger partial charge in [0.05, 0.1) is 41.9 Å². The standard InChI is InChI=1S/C24H16BNO.C18H11BS2.C17H10BNO2.2C16H9BN2O2.C13H6BN5O2/c1-2-9-17(10-3-1)26-20-13-6-4-11-18(20)25-19-12-5-7-15-22(19)27-23-16-8-14-21(26)24(23)25;1-3-8-14-12(6-1)19-13-7-2-4-9-15(13)21-17-11-5-10-16(20-14)18(17)19;1-3-7-13-11(5-1)18-12-6-2-4-8-14(12)21-16-10-19-9-15(20-13)17(16)18;1-3-7-12-10(5-1)17-11-6-2-4-8-13(11)21-16-14(17)15(20-12)18-9-19-16;1-2-4-12-10(3-1)17-11-5-6-18-7-13(11)21-15-9-19-8-14(20-12)16(15)17;1-2-15-3-7-9(1)20-12-10-13(19-6-18-12)21-11-8(14(7)10)4-16-5-17-11/h1-16H;1-11H;1-10H;2*1-9H;1-6H. The summed E-state index contributed by atoms with van der Waals surface area (Å²) in [7, 11) is 0. The Labute approximate surface area is 767 Å². The van der Waals surface area contributed by atoms with Crippen LogP contribution in [0.2, 0.25) is 0 Å². The summed E-state index contributed by atoms with van der Waals surface area (Å²) in [4.78, 5) is 50.0. The molecule has 0 saturated carbocycles. The van der Waals surface area contributed by atoms with E-state index in [9.17, 15) is 0 Å². The van der Waals surface area contributed by atoms with Crippen molar-refractivity contribution in [2.24, 2.45) is 0 Å². The largest absolute Gasteiger partial charge is 0.458 e. The van der Waals surface area contributed by atoms with Crippen LogP contribution in [0.1, 0.15) is 0 Å². The quantitative estimate of drug-likeness (QED) is 0.140. The van der Waals surface area contributed by atoms with Crippen molar-refractivity contribution < 1.29 is 42.6 Å². The lowest BCUT2D eigenvalue weighted by Gasteiger charge is -2.39. The molecule has 0 spiro atoms. The fourth-order valence-corrected chi connectivity index (χ4v) is 22.4. The Kier molecular flexibility index (Phi) is 18.5. The second-order valence-electron chi connectivity index (χ2n) is 32.6. The Bertz CT molecular complexity index is 6770. The molecule has 12 aliphatic rings. The van der Waals surface area contributed by atoms with Crippen LogP contribution >= 0.6 is 23.5 Å². The third-order valence-electron chi connectivity index (χ3n) is 25.5. The summed E-state index contributed by atoms with van der Waals surface area (Å²) in [5.74, 6) is 13.5. The molecule has 19 aromatic rings. The average Bonchev–Trinajstić information content (AvgIpc) is 0.734. The molecule has 0 aliphatic carbocycles. The van der Waals surface area contributed by atoms with E-state index >= 15 is 0 Å². The minimum atomic E-state index is -0.126. The van der Waals surface area contributed by atoms with Crippen LogP contribution in [-0.2, 0) is 0 Å². The lowest BCUT2D eigenvalue weighted by molar-refractivity contribution is 0.427. The van der Waals surface area contributed by atoms with Gasteiger partial charge in [-0.15, -0.1) is 0 Å². The molecule has 0 bridgehead atoms. The monoisotopic (exact) mass is 1740 g/mol. The van der Waals surface area contributed by atoms with Gasteiger partial charge in [-0.05, 0) is 163 Å². The SMILES string of the molecule is c1cc2c(cn1)B1c3cncnc3Oc3ncnc(c31)O2.c1ccc(N2c3ccccc3B3c4ccccc4Oc4cccc2c43)cc1.c1ccc2c(c1)Oc1cncc3c1B2c1ccccc1O3.c1ccc2c(c1)Oc1cncc3c1B2c1ccncc1O3.c1ccc2c(c1)Oc1ncnc3c1B2c1ccccc1O3.c1ccc2c(c1)Sc1cccc3c1B2c1ccccc1S3. The summed E-state index contributed by atoms with van der Waals surface area (Å²) in [6, 6.07) is 103. The Morgan fingerprint density at radius 3 is 1.06 bits per heavy atom. The van der Waals surface area contributed by atoms with Gasteiger partial charge in [0, 0.05) is 77.8 Å². The average molecular weight is 1740 g/mol. The summed E-state index contributed by atoms with van der Waals surface area (Å²) < 4.78 is 53.6. The van der Waals surface area contributed by atoms with E-state index in [1.54, 1.807) is 55.8 Å². The van der Waals surface area contributed by atoms with E-state index in [-0.39, 0.29) is 33.6 Å². The summed E-state index contributed by atoms with van der Waals surface area (Å²) in [6.07, 6.45) is 20.1. The van der Waals surface area contributed by atoms with Gasteiger partial charge in [-0.1, -0.05) is 229 Å². The van der Waals surface area contributed by atoms with Gasteiger partial charge in [0.2, 0.25) is 36.1 Å². The first-order valence-corrected chi connectivity index (χ1v) is 44.8. The molecule has 0 amide bonds. The van der Waals surface area contributed by atoms with Crippen LogP contribution in [0.25, 0.3) is 0 Å². The molecule has 132 heavy (non-hydrogen) atoms. The van der Waals surface area contributed by atoms with E-state index in [0.29, 0.717) is 36.1 Å². The third kappa shape index (κ3) is 12.8. The Morgan fingerprint density at radius 1 is 0.189 bits per heavy atom. The summed E-state index contributed by atoms with van der Waals surface area (Å²) in [5.41, 5.74) is 24.3. The maximum absolute atomic E-state index is 6.30. The number of hydrogen-bond acceptors (Lipinski definition) is 22. The van der Waals surface area contributed by atoms with Crippen molar-refractivity contribution in [1.29, 1.82) is 0 Å². The predicted octanol–water partition coefficient (Wildman–Crippen LogP) is 10.8. The van der Waals surface area contributed by atoms with Gasteiger partial charge >= 0.3 is 0 Å². The van der Waals surface area contributed by atoms with Gasteiger partial charge in [0.1, 0.15) is 93.7 Å². The smallest absolute Gasteiger partial charge is 0.271 e. The van der Waals surface area contributed by atoms with Crippen LogP contribution < -0.4 is 146 Å². The molecule has 7 aromatic heterocycles. The highest BCUT2D eigenvalue weighted by Crippen LogP contribution is 2.44. The highest BCUT2D eigenvalue weighted by atomic mass is 32.2. The molecule has 19 heterocycles. The number of aromatic nitrogens is 10. The molecule has 0 atom stereocenters. The highest BCUT2D eigenvalue weighted by Gasteiger charge is 2.48. The van der Waals surface area contributed by atoms with Gasteiger partial charge in [-0.2, -0.15) is 0 Å². The van der Waals surface area contributed by atoms with Gasteiger partial charge in [0.25, 0.3) is 33.6 Å². The van der Waals surface area contributed by atoms with Crippen LogP contribution in [0.4, 0.5) is 17.1 Å². The van der Waals surface area contributed by atoms with Crippen molar-refractivity contribution in [1.82, 2.24) is 49.8 Å². The summed E-state index contributed by atoms with van der Waals surface area (Å²) in [6.45, 7) is 0.774. The van der Waals surface area contributed by atoms with Crippen LogP contribution in [0.5, 0.6) is 104 Å². The van der Waals surface area contributed by atoms with Crippen molar-refractivity contribution in [3.8, 4) is 104 Å². The zero-order chi connectivity index (χ0) is 86.9. The molecule has 0 radical (unpaired) electrons. The number of rotatable bonds is 1. The molecule has 0 N–H and O–H groups in total. The van der Waals surface area contributed by atoms with E-state index < -0.39 is 0 Å². The number of benzene rings is 12. The molecule has 0 saturated heterocycles. The van der Waals surface area contributed by atoms with E-state index in [1.807, 2.05) is 133 Å². The van der Waals surface area contributed by atoms with Crippen molar-refractivity contribution in [2.75, 3.05) is 4.90 Å². The maximum atomic E-state index is 6.30. The first-order valence-electron chi connectivity index (χ1n) is 43.2. The molecule has 0 unspecified atom stereocenters. The molecule has 12 aliphatic heterocycles. The Balaban J connectivity index is 0.0000000832. The highest BCUT2D eigenvalue weighted by molar-refractivity contribution is 8.01. The number of para-hydroxylation sites is 8. The van der Waals surface area contributed by atoms with E-state index in [2.05, 4.69) is 243 Å². The van der Waals surface area contributed by atoms with Crippen LogP contribution in [0.15, 0.2) is 392 Å². The topological polar surface area (TPSA) is 215 Å². The number of anilines is 3. The van der Waals surface area contributed by atoms with E-state index in [4.69, 9.17) is 42.6 Å². The van der Waals surface area contributed by atoms with Gasteiger partial charge in [0.15, 0.2) is 0 Å². The molecule has 12 aromatic carbocycles. The van der Waals surface area contributed by atoms with Crippen LogP contribution in [0.3, 0.4) is 0 Å². The van der Waals surface area contributed by atoms with E-state index in [1.165, 1.54) is 93.6 Å². The van der Waals surface area contributed by atoms with Crippen molar-refractivity contribution in [2.45, 2.75) is 19.6 Å². The second kappa shape index (κ2) is 31.8. The molecule has 31 rings (SSSR count). The van der Waals surface area contributed by atoms with Gasteiger partial charge < -0.3 is 47.5 Å². The molecule has 616 valence electrons. The zero-order valence-corrected chi connectivity index (χ0v) is 71.2. The van der Waals surface area contributed by atoms with Crippen molar-refractivity contribution in [3.05, 3.63) is 372 Å². The van der Waals surface area contributed by atoms with Gasteiger partial charge in [-0.25, -0.2) is 29.9 Å². The second-order valence-corrected chi connectivity index (χ2v) is 34.8. The number of ether oxygens (including phenoxy) is 9. The lowest BCUT2D eigenvalue weighted by atomic mass is 9.34. The number of pyridine rings is 4. The first kappa shape index (κ1) is 76.8. The normalized spacial score (nSPS) is 13.5. The number of hydrogen-bond donors (Lipinski definition) is 0. The van der Waals surface area contributed by atoms with Crippen LogP contribution in [0, 0.1) is 0 Å². The predicted molar refractivity (Wildman–Crippen MR) is 519 cm³/mol. The van der Waals surface area contributed by atoms with Crippen molar-refractivity contribution in [3.63, 3.8) is 0 Å². The maximum Gasteiger partial charge on any atom is 0.271 e. The Hall–Kier alpha value is -16.4. The number of nitrogens with zero attached hydrogens (tertiary/aromatic N) is 11. The van der Waals surface area contributed by atoms with E-state index in [0.717, 1.165) is 135 Å². The fraction of sp³-hybridized carbons (Fsp3) is 0. The Morgan fingerprint density at radius 2 is 0.530 bits per heavy atom. The molecule has 28 heteroatoms.